The van der Waals surface area contributed by atoms with Gasteiger partial charge in [0.25, 0.3) is 5.91 Å². The number of aliphatic imine (C=N–C) groups is 1. The fraction of sp³-hybridized carbons (Fsp3) is 0.143. The zero-order valence-corrected chi connectivity index (χ0v) is 17.7. The smallest absolute Gasteiger partial charge is 0.266 e. The van der Waals surface area contributed by atoms with Crippen molar-refractivity contribution in [3.63, 3.8) is 0 Å². The van der Waals surface area contributed by atoms with Gasteiger partial charge in [0.15, 0.2) is 5.17 Å². The van der Waals surface area contributed by atoms with E-state index >= 15 is 0 Å². The topological polar surface area (TPSA) is 32.7 Å². The van der Waals surface area contributed by atoms with Gasteiger partial charge in [0, 0.05) is 21.8 Å². The average molecular weight is 415 g/mol. The van der Waals surface area contributed by atoms with Gasteiger partial charge in [-0.2, -0.15) is 0 Å². The summed E-state index contributed by atoms with van der Waals surface area (Å²) in [7, 11) is 1.74. The molecule has 0 bridgehead atoms. The van der Waals surface area contributed by atoms with Gasteiger partial charge in [-0.3, -0.25) is 9.69 Å². The van der Waals surface area contributed by atoms with Crippen LogP contribution in [0.2, 0.25) is 5.02 Å². The minimum atomic E-state index is -0.0395. The Balaban J connectivity index is 1.84. The Kier molecular flexibility index (Phi) is 6.37. The average Bonchev–Trinajstić information content (AvgIpc) is 3.22. The van der Waals surface area contributed by atoms with Crippen molar-refractivity contribution in [2.75, 3.05) is 7.05 Å². The number of amidine groups is 1. The molecule has 0 saturated carbocycles. The molecule has 138 valence electrons. The van der Waals surface area contributed by atoms with Gasteiger partial charge < -0.3 is 0 Å². The number of halogens is 1. The molecule has 1 saturated heterocycles. The monoisotopic (exact) mass is 414 g/mol. The molecule has 0 N–H and O–H groups in total. The van der Waals surface area contributed by atoms with Crippen molar-refractivity contribution in [2.45, 2.75) is 13.8 Å². The van der Waals surface area contributed by atoms with Crippen LogP contribution >= 0.6 is 34.7 Å². The molecule has 0 unspecified atom stereocenters. The summed E-state index contributed by atoms with van der Waals surface area (Å²) in [5, 5.41) is 1.32. The van der Waals surface area contributed by atoms with Gasteiger partial charge in [-0.15, -0.1) is 11.3 Å². The summed E-state index contributed by atoms with van der Waals surface area (Å²) in [5.41, 5.74) is 1.95. The minimum absolute atomic E-state index is 0.0395. The summed E-state index contributed by atoms with van der Waals surface area (Å²) in [6.45, 7) is 4.03. The van der Waals surface area contributed by atoms with Crippen LogP contribution in [0.4, 0.5) is 5.69 Å². The Morgan fingerprint density at radius 2 is 1.89 bits per heavy atom. The van der Waals surface area contributed by atoms with Gasteiger partial charge in [-0.1, -0.05) is 29.8 Å². The highest BCUT2D eigenvalue weighted by Gasteiger charge is 2.30. The van der Waals surface area contributed by atoms with E-state index in [-0.39, 0.29) is 5.91 Å². The molecule has 0 spiro atoms. The first kappa shape index (κ1) is 19.7. The minimum Gasteiger partial charge on any atom is -0.290 e. The second-order valence-corrected chi connectivity index (χ2v) is 8.35. The summed E-state index contributed by atoms with van der Waals surface area (Å²) in [5.74, 6) is -0.0395. The van der Waals surface area contributed by atoms with Crippen molar-refractivity contribution in [1.29, 1.82) is 0 Å². The number of thiophene rings is 1. The number of hydrogen-bond donors (Lipinski definition) is 0. The molecular weight excluding hydrogens is 396 g/mol. The molecule has 6 heteroatoms. The molecule has 0 radical (unpaired) electrons. The standard InChI is InChI=1S/C21H19ClN2OS2/c1-4-6-14(5-2)18-12-11-17(26-18)13-19-20(25)24(3)21(27-19)23-16-9-7-15(22)8-10-16/h4-13H,1-3H3. The zero-order chi connectivity index (χ0) is 19.4. The molecule has 1 aromatic heterocycles. The van der Waals surface area contributed by atoms with Crippen molar-refractivity contribution in [2.24, 2.45) is 4.99 Å². The van der Waals surface area contributed by atoms with E-state index in [1.807, 2.05) is 44.2 Å². The van der Waals surface area contributed by atoms with Gasteiger partial charge in [0.1, 0.15) is 0 Å². The third-order valence-corrected chi connectivity index (χ3v) is 6.29. The number of hydrogen-bond acceptors (Lipinski definition) is 4. The summed E-state index contributed by atoms with van der Waals surface area (Å²) in [4.78, 5) is 21.6. The number of amides is 1. The maximum atomic E-state index is 12.6. The molecule has 1 aliphatic rings. The maximum absolute atomic E-state index is 12.6. The highest BCUT2D eigenvalue weighted by Crippen LogP contribution is 2.35. The lowest BCUT2D eigenvalue weighted by Gasteiger charge is -2.06. The van der Waals surface area contributed by atoms with E-state index in [0.29, 0.717) is 15.1 Å². The van der Waals surface area contributed by atoms with Gasteiger partial charge in [0.05, 0.1) is 10.6 Å². The number of benzene rings is 1. The van der Waals surface area contributed by atoms with Crippen molar-refractivity contribution in [3.05, 3.63) is 74.3 Å². The van der Waals surface area contributed by atoms with Crippen molar-refractivity contribution in [3.8, 4) is 0 Å². The summed E-state index contributed by atoms with van der Waals surface area (Å²) < 4.78 is 0. The number of thioether (sulfide) groups is 1. The van der Waals surface area contributed by atoms with E-state index in [0.717, 1.165) is 10.6 Å². The predicted molar refractivity (Wildman–Crippen MR) is 120 cm³/mol. The van der Waals surface area contributed by atoms with Crippen LogP contribution in [0.25, 0.3) is 11.6 Å². The molecule has 0 aliphatic carbocycles. The van der Waals surface area contributed by atoms with E-state index in [9.17, 15) is 4.79 Å². The Labute approximate surface area is 172 Å². The van der Waals surface area contributed by atoms with Crippen molar-refractivity contribution in [1.82, 2.24) is 4.90 Å². The van der Waals surface area contributed by atoms with E-state index < -0.39 is 0 Å². The highest BCUT2D eigenvalue weighted by atomic mass is 35.5. The first-order valence-electron chi connectivity index (χ1n) is 8.43. The lowest BCUT2D eigenvalue weighted by molar-refractivity contribution is -0.121. The van der Waals surface area contributed by atoms with Crippen LogP contribution in [0.15, 0.2) is 64.5 Å². The Morgan fingerprint density at radius 3 is 2.56 bits per heavy atom. The number of carbonyl (C=O) groups excluding carboxylic acids is 1. The van der Waals surface area contributed by atoms with Crippen LogP contribution in [0.5, 0.6) is 0 Å². The Bertz CT molecular complexity index is 968. The second-order valence-electron chi connectivity index (χ2n) is 5.79. The number of carbonyl (C=O) groups is 1. The van der Waals surface area contributed by atoms with Crippen LogP contribution in [0.1, 0.15) is 23.6 Å². The molecule has 3 nitrogen and oxygen atoms in total. The molecule has 3 rings (SSSR count). The SMILES string of the molecule is CC=CC(=CC)c1ccc(C=C2SC(=Nc3ccc(Cl)cc3)N(C)C2=O)s1. The molecule has 2 heterocycles. The molecule has 2 aromatic rings. The lowest BCUT2D eigenvalue weighted by Crippen LogP contribution is -2.23. The first-order chi connectivity index (χ1) is 13.0. The molecule has 1 fully saturated rings. The number of rotatable bonds is 4. The molecule has 1 aliphatic heterocycles. The molecule has 1 amide bonds. The van der Waals surface area contributed by atoms with Gasteiger partial charge >= 0.3 is 0 Å². The van der Waals surface area contributed by atoms with Gasteiger partial charge in [0.2, 0.25) is 0 Å². The second kappa shape index (κ2) is 8.74. The third-order valence-electron chi connectivity index (χ3n) is 3.90. The van der Waals surface area contributed by atoms with Crippen LogP contribution in [0.3, 0.4) is 0 Å². The molecule has 0 atom stereocenters. The highest BCUT2D eigenvalue weighted by molar-refractivity contribution is 8.18. The summed E-state index contributed by atoms with van der Waals surface area (Å²) in [6, 6.07) is 11.4. The zero-order valence-electron chi connectivity index (χ0n) is 15.3. The molecule has 27 heavy (non-hydrogen) atoms. The number of allylic oxidation sites excluding steroid dienone is 4. The van der Waals surface area contributed by atoms with Crippen LogP contribution in [-0.4, -0.2) is 23.0 Å². The van der Waals surface area contributed by atoms with E-state index in [1.54, 1.807) is 35.4 Å². The lowest BCUT2D eigenvalue weighted by atomic mass is 10.2. The van der Waals surface area contributed by atoms with E-state index in [2.05, 4.69) is 23.2 Å². The Hall–Kier alpha value is -2.08. The fourth-order valence-electron chi connectivity index (χ4n) is 2.49. The quantitative estimate of drug-likeness (QED) is 0.416. The van der Waals surface area contributed by atoms with Gasteiger partial charge in [-0.05, 0) is 73.7 Å². The van der Waals surface area contributed by atoms with Crippen LogP contribution < -0.4 is 0 Å². The van der Waals surface area contributed by atoms with E-state index in [4.69, 9.17) is 11.6 Å². The van der Waals surface area contributed by atoms with Gasteiger partial charge in [-0.25, -0.2) is 4.99 Å². The van der Waals surface area contributed by atoms with Crippen LogP contribution in [0, 0.1) is 0 Å². The largest absolute Gasteiger partial charge is 0.290 e. The number of likely N-dealkylation sites (N-methyl/N-ethyl adjacent to an activating group) is 1. The first-order valence-corrected chi connectivity index (χ1v) is 10.4. The van der Waals surface area contributed by atoms with Crippen molar-refractivity contribution < 1.29 is 4.79 Å². The fourth-order valence-corrected chi connectivity index (χ4v) is 4.68. The summed E-state index contributed by atoms with van der Waals surface area (Å²) >= 11 is 8.97. The molecular formula is C21H19ClN2OS2. The maximum Gasteiger partial charge on any atom is 0.266 e. The van der Waals surface area contributed by atoms with Crippen molar-refractivity contribution >= 4 is 63.1 Å². The third kappa shape index (κ3) is 4.61. The van der Waals surface area contributed by atoms with Crippen LogP contribution in [-0.2, 0) is 4.79 Å². The normalized spacial score (nSPS) is 18.4. The predicted octanol–water partition coefficient (Wildman–Crippen LogP) is 6.61. The van der Waals surface area contributed by atoms with E-state index in [1.165, 1.54) is 22.2 Å². The summed E-state index contributed by atoms with van der Waals surface area (Å²) in [6.07, 6.45) is 8.13. The Morgan fingerprint density at radius 1 is 1.15 bits per heavy atom. The molecule has 1 aromatic carbocycles. The number of nitrogens with zero attached hydrogens (tertiary/aromatic N) is 2.